The number of halogens is 1. The lowest BCUT2D eigenvalue weighted by Crippen LogP contribution is -2.10. The molecule has 0 aliphatic rings. The molecule has 0 spiro atoms. The summed E-state index contributed by atoms with van der Waals surface area (Å²) in [7, 11) is 0. The predicted octanol–water partition coefficient (Wildman–Crippen LogP) is 3.30. The standard InChI is InChI=1S/C12H18BrN3/c1-9(2)7-16-8-15-11(6-14)12(16)10(3)4-5-13/h8-10H,4-5,7H2,1-3H3. The van der Waals surface area contributed by atoms with Crippen molar-refractivity contribution < 1.29 is 0 Å². The Hall–Kier alpha value is -0.820. The van der Waals surface area contributed by atoms with Gasteiger partial charge in [-0.2, -0.15) is 5.26 Å². The second-order valence-electron chi connectivity index (χ2n) is 4.52. The first-order valence-corrected chi connectivity index (χ1v) is 6.73. The Bertz CT molecular complexity index is 376. The molecule has 0 fully saturated rings. The van der Waals surface area contributed by atoms with E-state index < -0.39 is 0 Å². The maximum atomic E-state index is 9.05. The molecule has 0 bridgehead atoms. The molecule has 1 atom stereocenters. The normalized spacial score (nSPS) is 12.8. The van der Waals surface area contributed by atoms with Gasteiger partial charge < -0.3 is 4.57 Å². The van der Waals surface area contributed by atoms with Gasteiger partial charge in [-0.3, -0.25) is 0 Å². The summed E-state index contributed by atoms with van der Waals surface area (Å²) >= 11 is 3.44. The molecule has 1 rings (SSSR count). The van der Waals surface area contributed by atoms with Crippen molar-refractivity contribution in [1.29, 1.82) is 5.26 Å². The highest BCUT2D eigenvalue weighted by molar-refractivity contribution is 9.09. The van der Waals surface area contributed by atoms with E-state index in [0.717, 1.165) is 24.0 Å². The van der Waals surface area contributed by atoms with Crippen LogP contribution in [-0.4, -0.2) is 14.9 Å². The van der Waals surface area contributed by atoms with E-state index in [0.29, 0.717) is 17.5 Å². The number of rotatable bonds is 5. The average molecular weight is 284 g/mol. The molecule has 3 nitrogen and oxygen atoms in total. The lowest BCUT2D eigenvalue weighted by molar-refractivity contribution is 0.496. The number of nitriles is 1. The molecule has 4 heteroatoms. The SMILES string of the molecule is CC(C)Cn1cnc(C#N)c1C(C)CCBr. The number of alkyl halides is 1. The van der Waals surface area contributed by atoms with Crippen LogP contribution in [0.15, 0.2) is 6.33 Å². The van der Waals surface area contributed by atoms with E-state index in [-0.39, 0.29) is 0 Å². The molecule has 0 N–H and O–H groups in total. The zero-order valence-electron chi connectivity index (χ0n) is 10.1. The van der Waals surface area contributed by atoms with Crippen LogP contribution >= 0.6 is 15.9 Å². The molecule has 0 aromatic carbocycles. The molecular formula is C12H18BrN3. The van der Waals surface area contributed by atoms with Crippen LogP contribution in [0, 0.1) is 17.2 Å². The zero-order valence-corrected chi connectivity index (χ0v) is 11.7. The second-order valence-corrected chi connectivity index (χ2v) is 5.31. The largest absolute Gasteiger partial charge is 0.333 e. The molecule has 1 heterocycles. The van der Waals surface area contributed by atoms with E-state index in [9.17, 15) is 0 Å². The smallest absolute Gasteiger partial charge is 0.161 e. The highest BCUT2D eigenvalue weighted by atomic mass is 79.9. The molecule has 88 valence electrons. The highest BCUT2D eigenvalue weighted by Gasteiger charge is 2.17. The van der Waals surface area contributed by atoms with E-state index in [1.165, 1.54) is 0 Å². The molecule has 1 aromatic heterocycles. The second kappa shape index (κ2) is 6.05. The Labute approximate surface area is 106 Å². The van der Waals surface area contributed by atoms with Crippen LogP contribution in [0.2, 0.25) is 0 Å². The van der Waals surface area contributed by atoms with Gasteiger partial charge in [0.25, 0.3) is 0 Å². The molecule has 0 aliphatic carbocycles. The van der Waals surface area contributed by atoms with Gasteiger partial charge in [0, 0.05) is 17.8 Å². The Morgan fingerprint density at radius 3 is 2.69 bits per heavy atom. The Kier molecular flexibility index (Phi) is 5.01. The van der Waals surface area contributed by atoms with Crippen LogP contribution < -0.4 is 0 Å². The molecule has 1 unspecified atom stereocenters. The van der Waals surface area contributed by atoms with Crippen molar-refractivity contribution in [3.05, 3.63) is 17.7 Å². The third-order valence-electron chi connectivity index (χ3n) is 2.55. The van der Waals surface area contributed by atoms with Crippen LogP contribution in [-0.2, 0) is 6.54 Å². The van der Waals surface area contributed by atoms with Gasteiger partial charge in [0.15, 0.2) is 5.69 Å². The Morgan fingerprint density at radius 2 is 2.19 bits per heavy atom. The zero-order chi connectivity index (χ0) is 12.1. The van der Waals surface area contributed by atoms with Gasteiger partial charge in [0.2, 0.25) is 0 Å². The van der Waals surface area contributed by atoms with Gasteiger partial charge in [0.05, 0.1) is 12.0 Å². The minimum Gasteiger partial charge on any atom is -0.333 e. The Morgan fingerprint density at radius 1 is 1.50 bits per heavy atom. The van der Waals surface area contributed by atoms with Crippen molar-refractivity contribution in [2.45, 2.75) is 39.7 Å². The number of hydrogen-bond acceptors (Lipinski definition) is 2. The quantitative estimate of drug-likeness (QED) is 0.778. The van der Waals surface area contributed by atoms with Crippen molar-refractivity contribution in [2.24, 2.45) is 5.92 Å². The average Bonchev–Trinajstić information content (AvgIpc) is 2.60. The molecule has 0 aliphatic heterocycles. The van der Waals surface area contributed by atoms with Crippen molar-refractivity contribution in [3.8, 4) is 6.07 Å². The fourth-order valence-electron chi connectivity index (χ4n) is 1.83. The third-order valence-corrected chi connectivity index (χ3v) is 3.01. The summed E-state index contributed by atoms with van der Waals surface area (Å²) in [4.78, 5) is 4.18. The lowest BCUT2D eigenvalue weighted by atomic mass is 10.0. The van der Waals surface area contributed by atoms with Gasteiger partial charge in [-0.1, -0.05) is 36.7 Å². The van der Waals surface area contributed by atoms with Gasteiger partial charge >= 0.3 is 0 Å². The van der Waals surface area contributed by atoms with Crippen molar-refractivity contribution in [2.75, 3.05) is 5.33 Å². The van der Waals surface area contributed by atoms with E-state index in [1.54, 1.807) is 6.33 Å². The van der Waals surface area contributed by atoms with E-state index >= 15 is 0 Å². The summed E-state index contributed by atoms with van der Waals surface area (Å²) < 4.78 is 2.12. The van der Waals surface area contributed by atoms with Gasteiger partial charge in [0.1, 0.15) is 6.07 Å². The molecule has 0 saturated carbocycles. The summed E-state index contributed by atoms with van der Waals surface area (Å²) in [5, 5.41) is 10.00. The first kappa shape index (κ1) is 13.2. The van der Waals surface area contributed by atoms with Gasteiger partial charge in [-0.05, 0) is 12.3 Å². The maximum Gasteiger partial charge on any atom is 0.161 e. The van der Waals surface area contributed by atoms with Crippen LogP contribution in [0.5, 0.6) is 0 Å². The summed E-state index contributed by atoms with van der Waals surface area (Å²) in [6, 6.07) is 2.18. The monoisotopic (exact) mass is 283 g/mol. The summed E-state index contributed by atoms with van der Waals surface area (Å²) in [5.41, 5.74) is 1.66. The molecular weight excluding hydrogens is 266 g/mol. The number of imidazole rings is 1. The van der Waals surface area contributed by atoms with Crippen molar-refractivity contribution >= 4 is 15.9 Å². The van der Waals surface area contributed by atoms with E-state index in [4.69, 9.17) is 5.26 Å². The van der Waals surface area contributed by atoms with Gasteiger partial charge in [-0.25, -0.2) is 4.98 Å². The fraction of sp³-hybridized carbons (Fsp3) is 0.667. The molecule has 0 saturated heterocycles. The topological polar surface area (TPSA) is 41.6 Å². The number of hydrogen-bond donors (Lipinski definition) is 0. The van der Waals surface area contributed by atoms with E-state index in [1.807, 2.05) is 0 Å². The maximum absolute atomic E-state index is 9.05. The number of nitrogens with zero attached hydrogens (tertiary/aromatic N) is 3. The summed E-state index contributed by atoms with van der Waals surface area (Å²) in [5.74, 6) is 0.936. The van der Waals surface area contributed by atoms with Gasteiger partial charge in [-0.15, -0.1) is 0 Å². The van der Waals surface area contributed by atoms with Crippen LogP contribution in [0.25, 0.3) is 0 Å². The fourth-order valence-corrected chi connectivity index (χ4v) is 2.52. The minimum atomic E-state index is 0.371. The molecule has 16 heavy (non-hydrogen) atoms. The Balaban J connectivity index is 3.01. The first-order chi connectivity index (χ1) is 7.60. The van der Waals surface area contributed by atoms with Crippen LogP contribution in [0.1, 0.15) is 44.5 Å². The highest BCUT2D eigenvalue weighted by Crippen LogP contribution is 2.23. The summed E-state index contributed by atoms with van der Waals surface area (Å²) in [6.45, 7) is 7.42. The minimum absolute atomic E-state index is 0.371. The number of aromatic nitrogens is 2. The van der Waals surface area contributed by atoms with Crippen LogP contribution in [0.4, 0.5) is 0 Å². The molecule has 1 aromatic rings. The van der Waals surface area contributed by atoms with Crippen LogP contribution in [0.3, 0.4) is 0 Å². The molecule has 0 amide bonds. The first-order valence-electron chi connectivity index (χ1n) is 5.61. The van der Waals surface area contributed by atoms with E-state index in [2.05, 4.69) is 52.3 Å². The lowest BCUT2D eigenvalue weighted by Gasteiger charge is -2.15. The summed E-state index contributed by atoms with van der Waals surface area (Å²) in [6.07, 6.45) is 2.82. The molecule has 0 radical (unpaired) electrons. The van der Waals surface area contributed by atoms with Crippen molar-refractivity contribution in [3.63, 3.8) is 0 Å². The third kappa shape index (κ3) is 3.08. The van der Waals surface area contributed by atoms with Crippen molar-refractivity contribution in [1.82, 2.24) is 9.55 Å². The predicted molar refractivity (Wildman–Crippen MR) is 68.6 cm³/mol.